The van der Waals surface area contributed by atoms with Crippen LogP contribution < -0.4 is 14.2 Å². The van der Waals surface area contributed by atoms with E-state index in [2.05, 4.69) is 9.88 Å². The van der Waals surface area contributed by atoms with Crippen molar-refractivity contribution in [1.29, 1.82) is 0 Å². The standard InChI is InChI=1S/C26H27ClN2O5/c1-32-25-14-20-22(15-26(25)33-2)28-8-7-23(20)34-24-6-5-17(12-21(24)27)11-18(30)13-19(31)16-29-9-3-4-10-29/h5-8,12,14-15H,3-4,9-11,13,16H2,1-2H3. The van der Waals surface area contributed by atoms with Gasteiger partial charge in [-0.25, -0.2) is 0 Å². The van der Waals surface area contributed by atoms with Gasteiger partial charge in [0.15, 0.2) is 17.3 Å². The molecule has 34 heavy (non-hydrogen) atoms. The van der Waals surface area contributed by atoms with E-state index in [1.165, 1.54) is 0 Å². The van der Waals surface area contributed by atoms with Crippen molar-refractivity contribution in [2.75, 3.05) is 33.9 Å². The molecule has 1 fully saturated rings. The predicted molar refractivity (Wildman–Crippen MR) is 130 cm³/mol. The van der Waals surface area contributed by atoms with Gasteiger partial charge >= 0.3 is 0 Å². The molecule has 2 aromatic carbocycles. The summed E-state index contributed by atoms with van der Waals surface area (Å²) in [5.74, 6) is 2.00. The minimum absolute atomic E-state index is 0.0328. The molecule has 0 radical (unpaired) electrons. The summed E-state index contributed by atoms with van der Waals surface area (Å²) in [4.78, 5) is 31.1. The minimum Gasteiger partial charge on any atom is -0.493 e. The molecule has 1 aliphatic rings. The molecule has 1 aliphatic heterocycles. The van der Waals surface area contributed by atoms with Crippen LogP contribution in [0, 0.1) is 0 Å². The van der Waals surface area contributed by atoms with Crippen molar-refractivity contribution in [3.63, 3.8) is 0 Å². The summed E-state index contributed by atoms with van der Waals surface area (Å²) in [6, 6.07) is 10.5. The van der Waals surface area contributed by atoms with Gasteiger partial charge in [-0.3, -0.25) is 19.5 Å². The highest BCUT2D eigenvalue weighted by Gasteiger charge is 2.18. The number of nitrogens with zero attached hydrogens (tertiary/aromatic N) is 2. The van der Waals surface area contributed by atoms with E-state index in [1.807, 2.05) is 0 Å². The third kappa shape index (κ3) is 5.66. The van der Waals surface area contributed by atoms with Crippen LogP contribution in [-0.4, -0.2) is 55.3 Å². The number of hydrogen-bond acceptors (Lipinski definition) is 7. The first-order valence-electron chi connectivity index (χ1n) is 11.2. The maximum absolute atomic E-state index is 12.4. The molecular weight excluding hydrogens is 456 g/mol. The van der Waals surface area contributed by atoms with Gasteiger partial charge in [-0.05, 0) is 55.8 Å². The Labute approximate surface area is 203 Å². The fourth-order valence-electron chi connectivity index (χ4n) is 4.15. The average molecular weight is 483 g/mol. The van der Waals surface area contributed by atoms with E-state index in [4.69, 9.17) is 25.8 Å². The second kappa shape index (κ2) is 10.8. The Morgan fingerprint density at radius 1 is 0.941 bits per heavy atom. The quantitative estimate of drug-likeness (QED) is 0.382. The van der Waals surface area contributed by atoms with Crippen LogP contribution in [0.2, 0.25) is 5.02 Å². The maximum Gasteiger partial charge on any atom is 0.162 e. The molecule has 178 valence electrons. The summed E-state index contributed by atoms with van der Waals surface area (Å²) in [6.07, 6.45) is 3.97. The highest BCUT2D eigenvalue weighted by atomic mass is 35.5. The van der Waals surface area contributed by atoms with E-state index >= 15 is 0 Å². The highest BCUT2D eigenvalue weighted by Crippen LogP contribution is 2.38. The van der Waals surface area contributed by atoms with Gasteiger partial charge in [0.1, 0.15) is 17.3 Å². The van der Waals surface area contributed by atoms with Gasteiger partial charge in [-0.15, -0.1) is 0 Å². The molecule has 0 unspecified atom stereocenters. The molecule has 0 spiro atoms. The molecule has 4 rings (SSSR count). The molecule has 3 aromatic rings. The topological polar surface area (TPSA) is 78.0 Å². The predicted octanol–water partition coefficient (Wildman–Crippen LogP) is 4.86. The SMILES string of the molecule is COc1cc2nccc(Oc3ccc(CC(=O)CC(=O)CN4CCCC4)cc3Cl)c2cc1OC. The molecule has 8 heteroatoms. The Hall–Kier alpha value is -3.16. The first-order valence-corrected chi connectivity index (χ1v) is 11.6. The number of aromatic nitrogens is 1. The number of methoxy groups -OCH3 is 2. The molecule has 0 aliphatic carbocycles. The lowest BCUT2D eigenvalue weighted by molar-refractivity contribution is -0.127. The summed E-state index contributed by atoms with van der Waals surface area (Å²) in [5.41, 5.74) is 1.43. The van der Waals surface area contributed by atoms with E-state index in [9.17, 15) is 9.59 Å². The molecule has 0 N–H and O–H groups in total. The Kier molecular flexibility index (Phi) is 7.65. The third-order valence-corrected chi connectivity index (χ3v) is 6.11. The van der Waals surface area contributed by atoms with Gasteiger partial charge in [-0.2, -0.15) is 0 Å². The molecule has 0 amide bonds. The van der Waals surface area contributed by atoms with Gasteiger partial charge in [0.05, 0.1) is 37.7 Å². The number of hydrogen-bond donors (Lipinski definition) is 0. The maximum atomic E-state index is 12.4. The number of pyridine rings is 1. The number of carbonyl (C=O) groups is 2. The minimum atomic E-state index is -0.116. The van der Waals surface area contributed by atoms with Crippen molar-refractivity contribution in [2.45, 2.75) is 25.7 Å². The molecule has 1 saturated heterocycles. The van der Waals surface area contributed by atoms with Crippen molar-refractivity contribution in [1.82, 2.24) is 9.88 Å². The average Bonchev–Trinajstić information content (AvgIpc) is 3.32. The van der Waals surface area contributed by atoms with Crippen molar-refractivity contribution in [2.24, 2.45) is 0 Å². The number of rotatable bonds is 10. The molecule has 7 nitrogen and oxygen atoms in total. The van der Waals surface area contributed by atoms with Crippen LogP contribution in [-0.2, 0) is 16.0 Å². The highest BCUT2D eigenvalue weighted by molar-refractivity contribution is 6.32. The molecule has 0 bridgehead atoms. The van der Waals surface area contributed by atoms with Crippen LogP contribution >= 0.6 is 11.6 Å². The van der Waals surface area contributed by atoms with E-state index in [1.54, 1.807) is 56.8 Å². The second-order valence-electron chi connectivity index (χ2n) is 8.31. The number of ether oxygens (including phenoxy) is 3. The molecule has 0 saturated carbocycles. The fraction of sp³-hybridized carbons (Fsp3) is 0.346. The van der Waals surface area contributed by atoms with Gasteiger partial charge in [0.2, 0.25) is 0 Å². The van der Waals surface area contributed by atoms with Crippen LogP contribution in [0.1, 0.15) is 24.8 Å². The first kappa shape index (κ1) is 24.0. The summed E-state index contributed by atoms with van der Waals surface area (Å²) >= 11 is 6.47. The van der Waals surface area contributed by atoms with E-state index in [0.29, 0.717) is 40.1 Å². The third-order valence-electron chi connectivity index (χ3n) is 5.82. The second-order valence-corrected chi connectivity index (χ2v) is 8.72. The van der Waals surface area contributed by atoms with Crippen molar-refractivity contribution >= 4 is 34.1 Å². The summed E-state index contributed by atoms with van der Waals surface area (Å²) in [6.45, 7) is 2.23. The van der Waals surface area contributed by atoms with Crippen molar-refractivity contribution in [3.8, 4) is 23.0 Å². The Balaban J connectivity index is 1.44. The number of halogens is 1. The molecule has 1 aromatic heterocycles. The molecular formula is C26H27ClN2O5. The van der Waals surface area contributed by atoms with Gasteiger partial charge in [0.25, 0.3) is 0 Å². The lowest BCUT2D eigenvalue weighted by atomic mass is 10.0. The van der Waals surface area contributed by atoms with Gasteiger partial charge < -0.3 is 14.2 Å². The van der Waals surface area contributed by atoms with E-state index < -0.39 is 0 Å². The number of Topliss-reactive ketones (excluding diaryl/α,β-unsaturated/α-hetero) is 2. The fourth-order valence-corrected chi connectivity index (χ4v) is 4.39. The van der Waals surface area contributed by atoms with Crippen LogP contribution in [0.3, 0.4) is 0 Å². The number of ketones is 2. The van der Waals surface area contributed by atoms with E-state index in [-0.39, 0.29) is 24.4 Å². The number of benzene rings is 2. The summed E-state index contributed by atoms with van der Waals surface area (Å²) in [7, 11) is 3.14. The monoisotopic (exact) mass is 482 g/mol. The summed E-state index contributed by atoms with van der Waals surface area (Å²) < 4.78 is 16.8. The van der Waals surface area contributed by atoms with Crippen LogP contribution in [0.5, 0.6) is 23.0 Å². The van der Waals surface area contributed by atoms with Crippen LogP contribution in [0.25, 0.3) is 10.9 Å². The zero-order valence-electron chi connectivity index (χ0n) is 19.3. The Bertz CT molecular complexity index is 1210. The number of fused-ring (bicyclic) bond motifs is 1. The van der Waals surface area contributed by atoms with Crippen LogP contribution in [0.15, 0.2) is 42.6 Å². The molecule has 2 heterocycles. The van der Waals surface area contributed by atoms with Crippen molar-refractivity contribution in [3.05, 3.63) is 53.2 Å². The zero-order chi connectivity index (χ0) is 24.1. The largest absolute Gasteiger partial charge is 0.493 e. The van der Waals surface area contributed by atoms with E-state index in [0.717, 1.165) is 36.9 Å². The number of carbonyl (C=O) groups excluding carboxylic acids is 2. The smallest absolute Gasteiger partial charge is 0.162 e. The lowest BCUT2D eigenvalue weighted by Gasteiger charge is -2.14. The van der Waals surface area contributed by atoms with Crippen LogP contribution in [0.4, 0.5) is 0 Å². The Morgan fingerprint density at radius 2 is 1.68 bits per heavy atom. The normalized spacial score (nSPS) is 13.7. The van der Waals surface area contributed by atoms with Gasteiger partial charge in [-0.1, -0.05) is 17.7 Å². The van der Waals surface area contributed by atoms with Crippen molar-refractivity contribution < 1.29 is 23.8 Å². The Morgan fingerprint density at radius 3 is 2.38 bits per heavy atom. The molecule has 0 atom stereocenters. The number of likely N-dealkylation sites (tertiary alicyclic amines) is 1. The summed E-state index contributed by atoms with van der Waals surface area (Å²) in [5, 5.41) is 1.12. The lowest BCUT2D eigenvalue weighted by Crippen LogP contribution is -2.28. The first-order chi connectivity index (χ1) is 16.5. The zero-order valence-corrected chi connectivity index (χ0v) is 20.1. The van der Waals surface area contributed by atoms with Gasteiger partial charge in [0, 0.05) is 24.1 Å².